The summed E-state index contributed by atoms with van der Waals surface area (Å²) < 4.78 is 10.6. The summed E-state index contributed by atoms with van der Waals surface area (Å²) in [6.45, 7) is 2.11. The Labute approximate surface area is 156 Å². The maximum Gasteiger partial charge on any atom is 0.0700 e. The Kier molecular flexibility index (Phi) is 7.83. The SMILES string of the molecule is COCCOCCCC(N(C)C)C1(c2ccc(Cl)c(Cl)c2)CCC1. The predicted molar refractivity (Wildman–Crippen MR) is 101 cm³/mol. The summed E-state index contributed by atoms with van der Waals surface area (Å²) in [5, 5.41) is 1.28. The minimum atomic E-state index is 0.185. The van der Waals surface area contributed by atoms with Crippen molar-refractivity contribution in [1.82, 2.24) is 4.90 Å². The number of hydrogen-bond donors (Lipinski definition) is 0. The van der Waals surface area contributed by atoms with E-state index >= 15 is 0 Å². The molecule has 0 aromatic heterocycles. The number of benzene rings is 1. The lowest BCUT2D eigenvalue weighted by molar-refractivity contribution is 0.0529. The van der Waals surface area contributed by atoms with Gasteiger partial charge in [-0.05, 0) is 57.5 Å². The molecule has 1 aliphatic carbocycles. The molecule has 0 spiro atoms. The maximum atomic E-state index is 6.28. The van der Waals surface area contributed by atoms with Gasteiger partial charge in [0.2, 0.25) is 0 Å². The van der Waals surface area contributed by atoms with Crippen molar-refractivity contribution in [3.63, 3.8) is 0 Å². The van der Waals surface area contributed by atoms with E-state index in [0.717, 1.165) is 19.4 Å². The summed E-state index contributed by atoms with van der Waals surface area (Å²) in [7, 11) is 6.05. The van der Waals surface area contributed by atoms with E-state index in [1.165, 1.54) is 24.8 Å². The van der Waals surface area contributed by atoms with E-state index in [0.29, 0.717) is 29.3 Å². The molecule has 0 saturated heterocycles. The zero-order valence-corrected chi connectivity index (χ0v) is 16.5. The molecule has 1 aliphatic rings. The van der Waals surface area contributed by atoms with Crippen LogP contribution in [0.3, 0.4) is 0 Å². The van der Waals surface area contributed by atoms with Gasteiger partial charge in [-0.25, -0.2) is 0 Å². The van der Waals surface area contributed by atoms with E-state index in [-0.39, 0.29) is 5.41 Å². The lowest BCUT2D eigenvalue weighted by Gasteiger charge is -2.51. The third-order valence-electron chi connectivity index (χ3n) is 5.20. The van der Waals surface area contributed by atoms with Gasteiger partial charge in [-0.15, -0.1) is 0 Å². The molecule has 0 heterocycles. The Bertz CT molecular complexity index is 518. The first-order valence-corrected chi connectivity index (χ1v) is 9.45. The van der Waals surface area contributed by atoms with Gasteiger partial charge in [-0.3, -0.25) is 0 Å². The molecule has 0 bridgehead atoms. The average molecular weight is 374 g/mol. The molecular formula is C19H29Cl2NO2. The monoisotopic (exact) mass is 373 g/mol. The van der Waals surface area contributed by atoms with Gasteiger partial charge < -0.3 is 14.4 Å². The van der Waals surface area contributed by atoms with Gasteiger partial charge in [-0.1, -0.05) is 35.7 Å². The number of hydrogen-bond acceptors (Lipinski definition) is 3. The normalized spacial score (nSPS) is 17.8. The fraction of sp³-hybridized carbons (Fsp3) is 0.684. The topological polar surface area (TPSA) is 21.7 Å². The predicted octanol–water partition coefficient (Wildman–Crippen LogP) is 4.79. The Hall–Kier alpha value is -0.320. The molecule has 5 heteroatoms. The first-order chi connectivity index (χ1) is 11.5. The van der Waals surface area contributed by atoms with Gasteiger partial charge in [0.05, 0.1) is 23.3 Å². The molecule has 1 unspecified atom stereocenters. The summed E-state index contributed by atoms with van der Waals surface area (Å²) in [5.41, 5.74) is 1.51. The highest BCUT2D eigenvalue weighted by atomic mass is 35.5. The number of nitrogens with zero attached hydrogens (tertiary/aromatic N) is 1. The van der Waals surface area contributed by atoms with Crippen molar-refractivity contribution in [3.8, 4) is 0 Å². The molecule has 1 saturated carbocycles. The molecule has 24 heavy (non-hydrogen) atoms. The minimum absolute atomic E-state index is 0.185. The van der Waals surface area contributed by atoms with Crippen LogP contribution >= 0.6 is 23.2 Å². The number of ether oxygens (including phenoxy) is 2. The lowest BCUT2D eigenvalue weighted by atomic mass is 9.59. The smallest absolute Gasteiger partial charge is 0.0700 e. The number of methoxy groups -OCH3 is 1. The van der Waals surface area contributed by atoms with Crippen LogP contribution in [0.2, 0.25) is 10.0 Å². The fourth-order valence-electron chi connectivity index (χ4n) is 3.83. The fourth-order valence-corrected chi connectivity index (χ4v) is 4.13. The molecule has 1 atom stereocenters. The largest absolute Gasteiger partial charge is 0.382 e. The standard InChI is InChI=1S/C19H29Cl2NO2/c1-22(2)18(6-4-11-24-13-12-23-3)19(9-5-10-19)15-7-8-16(20)17(21)14-15/h7-8,14,18H,4-6,9-13H2,1-3H3. The Morgan fingerprint density at radius 3 is 2.42 bits per heavy atom. The van der Waals surface area contributed by atoms with Crippen molar-refractivity contribution < 1.29 is 9.47 Å². The summed E-state index contributed by atoms with van der Waals surface area (Å²) in [5.74, 6) is 0. The van der Waals surface area contributed by atoms with Crippen LogP contribution in [0.25, 0.3) is 0 Å². The van der Waals surface area contributed by atoms with Crippen molar-refractivity contribution in [2.24, 2.45) is 0 Å². The molecule has 0 aliphatic heterocycles. The van der Waals surface area contributed by atoms with E-state index in [4.69, 9.17) is 32.7 Å². The highest BCUT2D eigenvalue weighted by Crippen LogP contribution is 2.49. The second-order valence-corrected chi connectivity index (χ2v) is 7.68. The zero-order valence-electron chi connectivity index (χ0n) is 15.0. The van der Waals surface area contributed by atoms with Gasteiger partial charge in [-0.2, -0.15) is 0 Å². The van der Waals surface area contributed by atoms with Gasteiger partial charge in [0.1, 0.15) is 0 Å². The Morgan fingerprint density at radius 1 is 1.12 bits per heavy atom. The third kappa shape index (κ3) is 4.64. The van der Waals surface area contributed by atoms with Crippen molar-refractivity contribution >= 4 is 23.2 Å². The first-order valence-electron chi connectivity index (χ1n) is 8.70. The Morgan fingerprint density at radius 2 is 1.88 bits per heavy atom. The molecule has 1 aromatic carbocycles. The molecule has 0 amide bonds. The molecule has 0 radical (unpaired) electrons. The molecule has 0 N–H and O–H groups in total. The van der Waals surface area contributed by atoms with Gasteiger partial charge >= 0.3 is 0 Å². The molecule has 1 aromatic rings. The van der Waals surface area contributed by atoms with Crippen LogP contribution < -0.4 is 0 Å². The summed E-state index contributed by atoms with van der Waals surface area (Å²) in [6, 6.07) is 6.63. The number of likely N-dealkylation sites (N-methyl/N-ethyl adjacent to an activating group) is 1. The van der Waals surface area contributed by atoms with Crippen LogP contribution in [0, 0.1) is 0 Å². The third-order valence-corrected chi connectivity index (χ3v) is 5.94. The van der Waals surface area contributed by atoms with Crippen molar-refractivity contribution in [1.29, 1.82) is 0 Å². The summed E-state index contributed by atoms with van der Waals surface area (Å²) in [4.78, 5) is 2.36. The quantitative estimate of drug-likeness (QED) is 0.550. The van der Waals surface area contributed by atoms with Crippen LogP contribution in [0.4, 0.5) is 0 Å². The van der Waals surface area contributed by atoms with Crippen LogP contribution in [0.15, 0.2) is 18.2 Å². The van der Waals surface area contributed by atoms with E-state index in [9.17, 15) is 0 Å². The molecule has 3 nitrogen and oxygen atoms in total. The maximum absolute atomic E-state index is 6.28. The van der Waals surface area contributed by atoms with E-state index in [1.807, 2.05) is 6.07 Å². The van der Waals surface area contributed by atoms with Gasteiger partial charge in [0.25, 0.3) is 0 Å². The Balaban J connectivity index is 2.04. The van der Waals surface area contributed by atoms with Crippen molar-refractivity contribution in [2.75, 3.05) is 41.0 Å². The first kappa shape index (κ1) is 20.0. The summed E-state index contributed by atoms with van der Waals surface area (Å²) >= 11 is 12.4. The molecule has 2 rings (SSSR count). The van der Waals surface area contributed by atoms with Crippen molar-refractivity contribution in [3.05, 3.63) is 33.8 Å². The second kappa shape index (κ2) is 9.40. The summed E-state index contributed by atoms with van der Waals surface area (Å²) in [6.07, 6.45) is 5.85. The van der Waals surface area contributed by atoms with Gasteiger partial charge in [0.15, 0.2) is 0 Å². The average Bonchev–Trinajstić information content (AvgIpc) is 2.50. The van der Waals surface area contributed by atoms with Crippen LogP contribution in [-0.4, -0.2) is 52.0 Å². The van der Waals surface area contributed by atoms with E-state index in [1.54, 1.807) is 7.11 Å². The molecule has 136 valence electrons. The van der Waals surface area contributed by atoms with Crippen molar-refractivity contribution in [2.45, 2.75) is 43.6 Å². The highest BCUT2D eigenvalue weighted by Gasteiger charge is 2.46. The zero-order chi connectivity index (χ0) is 17.6. The minimum Gasteiger partial charge on any atom is -0.382 e. The van der Waals surface area contributed by atoms with Crippen LogP contribution in [0.5, 0.6) is 0 Å². The lowest BCUT2D eigenvalue weighted by Crippen LogP contribution is -2.52. The molecular weight excluding hydrogens is 345 g/mol. The van der Waals surface area contributed by atoms with E-state index in [2.05, 4.69) is 31.1 Å². The van der Waals surface area contributed by atoms with Gasteiger partial charge in [0, 0.05) is 25.2 Å². The molecule has 1 fully saturated rings. The van der Waals surface area contributed by atoms with Crippen LogP contribution in [0.1, 0.15) is 37.7 Å². The second-order valence-electron chi connectivity index (χ2n) is 6.87. The van der Waals surface area contributed by atoms with Crippen LogP contribution in [-0.2, 0) is 14.9 Å². The highest BCUT2D eigenvalue weighted by molar-refractivity contribution is 6.42. The number of halogens is 2. The van der Waals surface area contributed by atoms with E-state index < -0.39 is 0 Å². The number of rotatable bonds is 10.